The standard InChI is InChI=1S/C61H72N12O13S/c1-34(2)52(56(80)68-47(13-10-30-64-59(62)84)54(78)63-28-8-7-12-49(57(81)82)69-53(77)36-14-16-37(17-15-36)71-72-38-18-21-40(22-19-38)73(4)5)70-55(79)48(66-35(3)74)11-6-9-29-65-60(87)67-39-20-25-44-43(31-39)58(83)86-61(44)45-26-23-41(75)32-50(45)85-51-33-42(76)24-27-46(51)61/h14-27,31-34,47-49,52,75-76H,6-13,28-30H2,1-5H3,(H,63,78)(H,66,74)(H,68,80)(H,69,77)(H,70,79)(H,81,82)(H3,62,64,84)(H2,65,67,87)/t47-,48-,49-,52-/m0/s1. The van der Waals surface area contributed by atoms with E-state index in [0.29, 0.717) is 59.6 Å². The van der Waals surface area contributed by atoms with E-state index in [1.54, 1.807) is 56.3 Å². The monoisotopic (exact) mass is 1210 g/mol. The van der Waals surface area contributed by atoms with E-state index in [4.69, 9.17) is 27.4 Å². The van der Waals surface area contributed by atoms with Gasteiger partial charge >= 0.3 is 18.0 Å². The summed E-state index contributed by atoms with van der Waals surface area (Å²) >= 11 is 5.57. The quantitative estimate of drug-likeness (QED) is 0.0112. The molecule has 26 heteroatoms. The number of nitrogens with one attached hydrogen (secondary N) is 8. The van der Waals surface area contributed by atoms with Gasteiger partial charge in [-0.15, -0.1) is 0 Å². The molecule has 5 aromatic carbocycles. The highest BCUT2D eigenvalue weighted by Crippen LogP contribution is 2.57. The van der Waals surface area contributed by atoms with Crippen LogP contribution in [0.15, 0.2) is 113 Å². The molecule has 7 amide bonds. The molecule has 13 N–H and O–H groups in total. The number of hydrogen-bond donors (Lipinski definition) is 12. The summed E-state index contributed by atoms with van der Waals surface area (Å²) in [7, 11) is 3.86. The molecule has 25 nitrogen and oxygen atoms in total. The second-order valence-corrected chi connectivity index (χ2v) is 21.9. The minimum absolute atomic E-state index is 0.0422. The Morgan fingerprint density at radius 1 is 0.632 bits per heavy atom. The summed E-state index contributed by atoms with van der Waals surface area (Å²) in [5, 5.41) is 61.2. The van der Waals surface area contributed by atoms with E-state index >= 15 is 0 Å². The number of phenolic OH excluding ortho intramolecular Hbond substituents is 2. The molecular weight excluding hydrogens is 1140 g/mol. The Balaban J connectivity index is 0.871. The van der Waals surface area contributed by atoms with Crippen LogP contribution in [0.5, 0.6) is 23.0 Å². The SMILES string of the molecule is CC(=O)N[C@@H](CCCCNC(=S)Nc1ccc2c(c1)C(=O)OC21c2ccc(O)cc2Oc2cc(O)ccc21)C(=O)N[C@H](C(=O)N[C@@H](CCCNC(N)=O)C(=O)NCCCC[C@H](NC(=O)c1ccc(N=Nc2ccc(N(C)C)cc2)cc1)C(=O)O)C(C)C. The van der Waals surface area contributed by atoms with Gasteiger partial charge in [-0.3, -0.25) is 24.0 Å². The number of nitrogens with two attached hydrogens (primary N) is 1. The molecule has 0 fully saturated rings. The number of unbranched alkanes of at least 4 members (excludes halogenated alkanes) is 2. The smallest absolute Gasteiger partial charge is 0.340 e. The number of primary amides is 1. The van der Waals surface area contributed by atoms with Crippen molar-refractivity contribution in [2.45, 2.75) is 102 Å². The number of ether oxygens (including phenoxy) is 2. The van der Waals surface area contributed by atoms with Crippen molar-refractivity contribution in [3.63, 3.8) is 0 Å². The number of urea groups is 1. The zero-order valence-corrected chi connectivity index (χ0v) is 49.5. The van der Waals surface area contributed by atoms with E-state index in [9.17, 15) is 53.7 Å². The van der Waals surface area contributed by atoms with Gasteiger partial charge in [0.15, 0.2) is 10.7 Å². The Morgan fingerprint density at radius 2 is 1.18 bits per heavy atom. The summed E-state index contributed by atoms with van der Waals surface area (Å²) < 4.78 is 12.2. The first-order chi connectivity index (χ1) is 41.5. The zero-order chi connectivity index (χ0) is 63.0. The number of benzene rings is 5. The molecule has 2 heterocycles. The third-order valence-electron chi connectivity index (χ3n) is 14.4. The lowest BCUT2D eigenvalue weighted by Crippen LogP contribution is -2.58. The highest BCUT2D eigenvalue weighted by molar-refractivity contribution is 7.80. The maximum atomic E-state index is 13.9. The number of aromatic hydroxyl groups is 2. The Labute approximate surface area is 507 Å². The van der Waals surface area contributed by atoms with Crippen LogP contribution < -0.4 is 57.9 Å². The molecule has 0 unspecified atom stereocenters. The first kappa shape index (κ1) is 64.7. The van der Waals surface area contributed by atoms with Gasteiger partial charge in [-0.1, -0.05) is 19.9 Å². The van der Waals surface area contributed by atoms with E-state index in [1.165, 1.54) is 43.3 Å². The molecule has 1 spiro atoms. The summed E-state index contributed by atoms with van der Waals surface area (Å²) in [4.78, 5) is 106. The number of amides is 7. The van der Waals surface area contributed by atoms with Gasteiger partial charge in [0, 0.05) is 86.4 Å². The number of anilines is 2. The van der Waals surface area contributed by atoms with Crippen molar-refractivity contribution in [1.29, 1.82) is 0 Å². The molecule has 7 rings (SSSR count). The van der Waals surface area contributed by atoms with Crippen molar-refractivity contribution in [3.05, 3.63) is 131 Å². The van der Waals surface area contributed by atoms with Gasteiger partial charge in [-0.05, 0) is 154 Å². The molecule has 2 aliphatic heterocycles. The maximum Gasteiger partial charge on any atom is 0.340 e. The van der Waals surface area contributed by atoms with Crippen LogP contribution >= 0.6 is 12.2 Å². The predicted octanol–water partition coefficient (Wildman–Crippen LogP) is 6.35. The Hall–Kier alpha value is -9.85. The second kappa shape index (κ2) is 29.8. The lowest BCUT2D eigenvalue weighted by atomic mass is 9.77. The van der Waals surface area contributed by atoms with Crippen LogP contribution in [-0.4, -0.2) is 126 Å². The third-order valence-corrected chi connectivity index (χ3v) is 14.6. The molecular formula is C61H72N12O13S. The highest BCUT2D eigenvalue weighted by atomic mass is 32.1. The van der Waals surface area contributed by atoms with Gasteiger partial charge in [0.2, 0.25) is 23.6 Å². The number of hydrogen-bond acceptors (Lipinski definition) is 16. The molecule has 2 aliphatic rings. The molecule has 87 heavy (non-hydrogen) atoms. The number of carboxylic acids is 1. The summed E-state index contributed by atoms with van der Waals surface area (Å²) in [5.41, 5.74) is 8.37. The van der Waals surface area contributed by atoms with Gasteiger partial charge in [0.05, 0.1) is 16.9 Å². The molecule has 0 saturated carbocycles. The number of nitrogens with zero attached hydrogens (tertiary/aromatic N) is 3. The van der Waals surface area contributed by atoms with E-state index in [2.05, 4.69) is 52.8 Å². The number of carboxylic acid groups (broad SMARTS) is 1. The van der Waals surface area contributed by atoms with Crippen molar-refractivity contribution in [3.8, 4) is 23.0 Å². The fourth-order valence-corrected chi connectivity index (χ4v) is 10.1. The number of carbonyl (C=O) groups is 8. The van der Waals surface area contributed by atoms with E-state index in [-0.39, 0.29) is 84.4 Å². The number of phenols is 2. The molecule has 5 aromatic rings. The van der Waals surface area contributed by atoms with E-state index in [0.717, 1.165) is 5.69 Å². The number of esters is 1. The third kappa shape index (κ3) is 17.2. The van der Waals surface area contributed by atoms with E-state index < -0.39 is 83.2 Å². The van der Waals surface area contributed by atoms with Crippen molar-refractivity contribution in [2.75, 3.05) is 43.9 Å². The van der Waals surface area contributed by atoms with Crippen LogP contribution in [0.2, 0.25) is 0 Å². The van der Waals surface area contributed by atoms with Gasteiger partial charge in [-0.2, -0.15) is 10.2 Å². The maximum absolute atomic E-state index is 13.9. The first-order valence-corrected chi connectivity index (χ1v) is 28.7. The Kier molecular flexibility index (Phi) is 22.2. The van der Waals surface area contributed by atoms with Gasteiger partial charge in [0.25, 0.3) is 5.91 Å². The first-order valence-electron chi connectivity index (χ1n) is 28.3. The lowest BCUT2D eigenvalue weighted by Gasteiger charge is -2.36. The van der Waals surface area contributed by atoms with Crippen molar-refractivity contribution in [2.24, 2.45) is 21.9 Å². The number of aliphatic carboxylic acids is 1. The largest absolute Gasteiger partial charge is 0.508 e. The van der Waals surface area contributed by atoms with Crippen molar-refractivity contribution < 1.29 is 63.1 Å². The number of thiocarbonyl (C=S) groups is 1. The summed E-state index contributed by atoms with van der Waals surface area (Å²) in [6.07, 6.45) is 2.02. The van der Waals surface area contributed by atoms with Crippen LogP contribution in [0.3, 0.4) is 0 Å². The number of rotatable bonds is 28. The van der Waals surface area contributed by atoms with Crippen LogP contribution in [0.25, 0.3) is 0 Å². The van der Waals surface area contributed by atoms with E-state index in [1.807, 2.05) is 43.3 Å². The fourth-order valence-electron chi connectivity index (χ4n) is 9.90. The molecule has 0 aromatic heterocycles. The van der Waals surface area contributed by atoms with Crippen molar-refractivity contribution in [1.82, 2.24) is 37.2 Å². The molecule has 0 radical (unpaired) electrons. The average Bonchev–Trinajstić information content (AvgIpc) is 1.64. The number of fused-ring (bicyclic) bond motifs is 6. The lowest BCUT2D eigenvalue weighted by molar-refractivity contribution is -0.139. The topological polar surface area (TPSA) is 366 Å². The van der Waals surface area contributed by atoms with Gasteiger partial charge in [-0.25, -0.2) is 14.4 Å². The summed E-state index contributed by atoms with van der Waals surface area (Å²) in [6.45, 7) is 5.19. The second-order valence-electron chi connectivity index (χ2n) is 21.5. The molecule has 460 valence electrons. The zero-order valence-electron chi connectivity index (χ0n) is 48.7. The minimum atomic E-state index is -1.43. The van der Waals surface area contributed by atoms with Crippen LogP contribution in [0.4, 0.5) is 27.5 Å². The molecule has 0 saturated heterocycles. The number of carbonyl (C=O) groups excluding carboxylic acids is 7. The summed E-state index contributed by atoms with van der Waals surface area (Å²) in [5.74, 6) is -4.95. The molecule has 0 aliphatic carbocycles. The van der Waals surface area contributed by atoms with Crippen LogP contribution in [0, 0.1) is 5.92 Å². The highest BCUT2D eigenvalue weighted by Gasteiger charge is 2.54. The van der Waals surface area contributed by atoms with Gasteiger partial charge < -0.3 is 78.0 Å². The number of azo groups is 1. The Bertz CT molecular complexity index is 3350. The Morgan fingerprint density at radius 3 is 1.76 bits per heavy atom. The fraction of sp³-hybridized carbons (Fsp3) is 0.361. The molecule has 0 bridgehead atoms. The summed E-state index contributed by atoms with van der Waals surface area (Å²) in [6, 6.07) is 22.4. The minimum Gasteiger partial charge on any atom is -0.508 e. The normalized spacial score (nSPS) is 13.9. The average molecular weight is 1210 g/mol. The van der Waals surface area contributed by atoms with Crippen LogP contribution in [0.1, 0.15) is 110 Å². The van der Waals surface area contributed by atoms with Crippen LogP contribution in [-0.2, 0) is 34.3 Å². The predicted molar refractivity (Wildman–Crippen MR) is 326 cm³/mol. The van der Waals surface area contributed by atoms with Gasteiger partial charge in [0.1, 0.15) is 47.2 Å². The van der Waals surface area contributed by atoms with Crippen molar-refractivity contribution >= 4 is 87.6 Å². The molecule has 4 atom stereocenters.